The molecule has 0 heterocycles. The van der Waals surface area contributed by atoms with Crippen LogP contribution in [0.15, 0.2) is 59.7 Å². The third-order valence-electron chi connectivity index (χ3n) is 9.91. The summed E-state index contributed by atoms with van der Waals surface area (Å²) in [5.74, 6) is 1.22. The lowest BCUT2D eigenvalue weighted by atomic mass is 9.48. The van der Waals surface area contributed by atoms with Gasteiger partial charge in [-0.25, -0.2) is 0 Å². The van der Waals surface area contributed by atoms with Crippen LogP contribution in [0.3, 0.4) is 0 Å². The van der Waals surface area contributed by atoms with Crippen molar-refractivity contribution in [2.75, 3.05) is 7.11 Å². The molecular weight excluding hydrogens is 452 g/mol. The molecule has 1 aromatic rings. The lowest BCUT2D eigenvalue weighted by Crippen LogP contribution is -2.58. The molecule has 6 atom stereocenters. The summed E-state index contributed by atoms with van der Waals surface area (Å²) in [6, 6.07) is 7.36. The second kappa shape index (κ2) is 8.57. The molecule has 4 aliphatic carbocycles. The smallest absolute Gasteiger partial charge is 0.311 e. The van der Waals surface area contributed by atoms with E-state index in [2.05, 4.69) is 32.9 Å². The fourth-order valence-electron chi connectivity index (χ4n) is 8.02. The summed E-state index contributed by atoms with van der Waals surface area (Å²) in [6.07, 6.45) is 11.2. The average Bonchev–Trinajstić information content (AvgIpc) is 3.14. The first-order valence-corrected chi connectivity index (χ1v) is 13.0. The zero-order valence-corrected chi connectivity index (χ0v) is 21.9. The van der Waals surface area contributed by atoms with Crippen LogP contribution in [0.2, 0.25) is 0 Å². The summed E-state index contributed by atoms with van der Waals surface area (Å²) < 4.78 is 11.4. The van der Waals surface area contributed by atoms with Crippen LogP contribution in [-0.4, -0.2) is 30.2 Å². The molecule has 0 bridgehead atoms. The minimum absolute atomic E-state index is 0.0505. The van der Waals surface area contributed by atoms with Gasteiger partial charge in [0.2, 0.25) is 0 Å². The zero-order valence-electron chi connectivity index (χ0n) is 21.9. The molecule has 0 amide bonds. The summed E-state index contributed by atoms with van der Waals surface area (Å²) in [5, 5.41) is 0. The van der Waals surface area contributed by atoms with Crippen LogP contribution in [0, 0.1) is 28.6 Å². The number of methoxy groups -OCH3 is 1. The van der Waals surface area contributed by atoms with Crippen LogP contribution >= 0.6 is 0 Å². The largest absolute Gasteiger partial charge is 0.497 e. The van der Waals surface area contributed by atoms with Crippen molar-refractivity contribution in [1.29, 1.82) is 0 Å². The predicted molar refractivity (Wildman–Crippen MR) is 137 cm³/mol. The fourth-order valence-corrected chi connectivity index (χ4v) is 8.02. The van der Waals surface area contributed by atoms with Gasteiger partial charge in [0, 0.05) is 10.8 Å². The van der Waals surface area contributed by atoms with E-state index in [9.17, 15) is 14.4 Å². The van der Waals surface area contributed by atoms with Gasteiger partial charge in [-0.3, -0.25) is 14.4 Å². The SMILES string of the molecule is COc1ccc(CC(=O)OC2(C(C)=O)CCC3C4C=C(C)C5=CC(=O)C=CC5(C)C4CCC32C)cc1. The quantitative estimate of drug-likeness (QED) is 0.506. The van der Waals surface area contributed by atoms with Crippen LogP contribution in [0.4, 0.5) is 0 Å². The number of carbonyl (C=O) groups is 3. The molecule has 2 fully saturated rings. The summed E-state index contributed by atoms with van der Waals surface area (Å²) in [6.45, 7) is 8.10. The maximum Gasteiger partial charge on any atom is 0.311 e. The molecule has 4 aliphatic rings. The first-order valence-electron chi connectivity index (χ1n) is 13.0. The number of hydrogen-bond acceptors (Lipinski definition) is 5. The molecule has 5 rings (SSSR count). The van der Waals surface area contributed by atoms with Crippen molar-refractivity contribution < 1.29 is 23.9 Å². The summed E-state index contributed by atoms with van der Waals surface area (Å²) in [4.78, 5) is 38.6. The minimum atomic E-state index is -1.11. The maximum atomic E-state index is 13.3. The van der Waals surface area contributed by atoms with Gasteiger partial charge in [-0.1, -0.05) is 43.7 Å². The predicted octanol–water partition coefficient (Wildman–Crippen LogP) is 5.58. The van der Waals surface area contributed by atoms with Crippen LogP contribution in [0.5, 0.6) is 5.75 Å². The average molecular weight is 489 g/mol. The Bertz CT molecular complexity index is 1200. The molecule has 0 radical (unpaired) electrons. The van der Waals surface area contributed by atoms with Crippen LogP contribution in [-0.2, 0) is 25.5 Å². The second-order valence-corrected chi connectivity index (χ2v) is 11.6. The number of fused-ring (bicyclic) bond motifs is 5. The van der Waals surface area contributed by atoms with Crippen LogP contribution in [0.1, 0.15) is 58.9 Å². The van der Waals surface area contributed by atoms with Crippen molar-refractivity contribution in [3.8, 4) is 5.75 Å². The Morgan fingerprint density at radius 1 is 1.06 bits per heavy atom. The van der Waals surface area contributed by atoms with E-state index in [-0.39, 0.29) is 41.2 Å². The lowest BCUT2D eigenvalue weighted by Gasteiger charge is -2.57. The molecule has 5 heteroatoms. The van der Waals surface area contributed by atoms with Gasteiger partial charge in [-0.2, -0.15) is 0 Å². The van der Waals surface area contributed by atoms with Gasteiger partial charge in [-0.15, -0.1) is 0 Å². The molecule has 1 aromatic carbocycles. The molecule has 0 aliphatic heterocycles. The van der Waals surface area contributed by atoms with Gasteiger partial charge in [0.25, 0.3) is 0 Å². The molecule has 0 saturated heterocycles. The number of ether oxygens (including phenoxy) is 2. The van der Waals surface area contributed by atoms with Gasteiger partial charge in [-0.05, 0) is 92.7 Å². The van der Waals surface area contributed by atoms with Gasteiger partial charge >= 0.3 is 5.97 Å². The fraction of sp³-hybridized carbons (Fsp3) is 0.516. The zero-order chi connectivity index (χ0) is 25.9. The molecule has 190 valence electrons. The number of ketones is 2. The Morgan fingerprint density at radius 3 is 2.42 bits per heavy atom. The number of esters is 1. The molecule has 2 saturated carbocycles. The molecule has 36 heavy (non-hydrogen) atoms. The Hall–Kier alpha value is -2.95. The molecule has 0 spiro atoms. The molecule has 5 nitrogen and oxygen atoms in total. The van der Waals surface area contributed by atoms with E-state index in [1.807, 2.05) is 24.3 Å². The topological polar surface area (TPSA) is 69.7 Å². The third-order valence-corrected chi connectivity index (χ3v) is 9.91. The highest BCUT2D eigenvalue weighted by molar-refractivity contribution is 6.02. The van der Waals surface area contributed by atoms with Crippen molar-refractivity contribution in [3.05, 3.63) is 65.3 Å². The van der Waals surface area contributed by atoms with E-state index >= 15 is 0 Å². The van der Waals surface area contributed by atoms with E-state index in [0.29, 0.717) is 12.3 Å². The Morgan fingerprint density at radius 2 is 1.75 bits per heavy atom. The normalized spacial score (nSPS) is 36.7. The summed E-state index contributed by atoms with van der Waals surface area (Å²) >= 11 is 0. The molecule has 6 unspecified atom stereocenters. The number of hydrogen-bond donors (Lipinski definition) is 0. The Labute approximate surface area is 213 Å². The monoisotopic (exact) mass is 488 g/mol. The molecular formula is C31H36O5. The summed E-state index contributed by atoms with van der Waals surface area (Å²) in [7, 11) is 1.61. The Balaban J connectivity index is 1.44. The third kappa shape index (κ3) is 3.54. The molecule has 0 aromatic heterocycles. The summed E-state index contributed by atoms with van der Waals surface area (Å²) in [5.41, 5.74) is 1.38. The Kier molecular flexibility index (Phi) is 5.89. The number of benzene rings is 1. The van der Waals surface area contributed by atoms with Crippen molar-refractivity contribution in [3.63, 3.8) is 0 Å². The maximum absolute atomic E-state index is 13.3. The second-order valence-electron chi connectivity index (χ2n) is 11.6. The van der Waals surface area contributed by atoms with Crippen molar-refractivity contribution >= 4 is 17.5 Å². The van der Waals surface area contributed by atoms with E-state index in [4.69, 9.17) is 9.47 Å². The van der Waals surface area contributed by atoms with Crippen molar-refractivity contribution in [1.82, 2.24) is 0 Å². The highest BCUT2D eigenvalue weighted by Crippen LogP contribution is 2.67. The number of Topliss-reactive ketones (excluding diaryl/α,β-unsaturated/α-hetero) is 1. The highest BCUT2D eigenvalue weighted by Gasteiger charge is 2.67. The van der Waals surface area contributed by atoms with Gasteiger partial charge in [0.05, 0.1) is 13.5 Å². The van der Waals surface area contributed by atoms with Gasteiger partial charge in [0.1, 0.15) is 5.75 Å². The number of allylic oxidation sites excluding steroid dienone is 6. The van der Waals surface area contributed by atoms with Crippen LogP contribution in [0.25, 0.3) is 0 Å². The first kappa shape index (κ1) is 24.7. The highest BCUT2D eigenvalue weighted by atomic mass is 16.6. The van der Waals surface area contributed by atoms with Gasteiger partial charge < -0.3 is 9.47 Å². The first-order chi connectivity index (χ1) is 17.0. The minimum Gasteiger partial charge on any atom is -0.497 e. The standard InChI is InChI=1S/C31H36O5/c1-19-16-24-25(29(3)13-10-22(33)18-27(19)29)11-14-30(4)26(24)12-15-31(30,20(2)32)36-28(34)17-21-6-8-23(35-5)9-7-21/h6-10,13,16,18,24-26H,11-12,14-15,17H2,1-5H3. The van der Waals surface area contributed by atoms with E-state index in [0.717, 1.165) is 41.7 Å². The van der Waals surface area contributed by atoms with Crippen molar-refractivity contribution in [2.45, 2.75) is 65.4 Å². The number of rotatable bonds is 5. The molecule has 0 N–H and O–H groups in total. The number of carbonyl (C=O) groups excluding carboxylic acids is 3. The van der Waals surface area contributed by atoms with Gasteiger partial charge in [0.15, 0.2) is 17.2 Å². The van der Waals surface area contributed by atoms with E-state index in [1.54, 1.807) is 26.2 Å². The van der Waals surface area contributed by atoms with Crippen LogP contribution < -0.4 is 4.74 Å². The van der Waals surface area contributed by atoms with Crippen molar-refractivity contribution in [2.24, 2.45) is 28.6 Å². The lowest BCUT2D eigenvalue weighted by molar-refractivity contribution is -0.186. The van der Waals surface area contributed by atoms with E-state index < -0.39 is 11.0 Å². The van der Waals surface area contributed by atoms with E-state index in [1.165, 1.54) is 0 Å².